The van der Waals surface area contributed by atoms with Gasteiger partial charge in [-0.3, -0.25) is 4.90 Å². The van der Waals surface area contributed by atoms with Crippen LogP contribution >= 0.6 is 10.7 Å². The minimum Gasteiger partial charge on any atom is -0.373 e. The van der Waals surface area contributed by atoms with Crippen molar-refractivity contribution in [1.82, 2.24) is 4.90 Å². The lowest BCUT2D eigenvalue weighted by atomic mass is 10.2. The second-order valence-corrected chi connectivity index (χ2v) is 7.01. The number of morpholine rings is 1. The fourth-order valence-electron chi connectivity index (χ4n) is 1.93. The summed E-state index contributed by atoms with van der Waals surface area (Å²) in [6.07, 6.45) is 1.04. The standard InChI is InChI=1S/C9H18ClNO3S/c1-8-6-11(7-9(2)14-8)4-3-5-15(10,12)13/h8-9H,3-7H2,1-2H3/t8-,9+. The molecule has 1 aliphatic heterocycles. The minimum absolute atomic E-state index is 0.0503. The lowest BCUT2D eigenvalue weighted by Gasteiger charge is -2.35. The molecule has 0 radical (unpaired) electrons. The van der Waals surface area contributed by atoms with E-state index in [0.717, 1.165) is 19.6 Å². The Hall–Kier alpha value is 0.160. The van der Waals surface area contributed by atoms with Crippen molar-refractivity contribution in [2.45, 2.75) is 32.5 Å². The highest BCUT2D eigenvalue weighted by Crippen LogP contribution is 2.11. The first kappa shape index (κ1) is 13.2. The maximum atomic E-state index is 10.7. The van der Waals surface area contributed by atoms with Crippen LogP contribution in [0.4, 0.5) is 0 Å². The van der Waals surface area contributed by atoms with Crippen molar-refractivity contribution >= 4 is 19.7 Å². The Labute approximate surface area is 96.0 Å². The van der Waals surface area contributed by atoms with E-state index in [-0.39, 0.29) is 18.0 Å². The third-order valence-electron chi connectivity index (χ3n) is 2.36. The lowest BCUT2D eigenvalue weighted by molar-refractivity contribution is -0.0677. The first-order chi connectivity index (χ1) is 6.87. The van der Waals surface area contributed by atoms with E-state index in [9.17, 15) is 8.42 Å². The van der Waals surface area contributed by atoms with Crippen molar-refractivity contribution in [1.29, 1.82) is 0 Å². The normalized spacial score (nSPS) is 29.3. The third-order valence-corrected chi connectivity index (χ3v) is 3.60. The molecule has 0 aromatic carbocycles. The third kappa shape index (κ3) is 5.70. The number of halogens is 1. The largest absolute Gasteiger partial charge is 0.373 e. The predicted octanol–water partition coefficient (Wildman–Crippen LogP) is 1.05. The van der Waals surface area contributed by atoms with Crippen LogP contribution in [0.3, 0.4) is 0 Å². The Balaban J connectivity index is 2.26. The molecule has 2 atom stereocenters. The first-order valence-corrected chi connectivity index (χ1v) is 7.65. The zero-order valence-electron chi connectivity index (χ0n) is 9.15. The molecule has 0 aromatic heterocycles. The van der Waals surface area contributed by atoms with Crippen LogP contribution in [0.1, 0.15) is 20.3 Å². The van der Waals surface area contributed by atoms with Crippen LogP contribution < -0.4 is 0 Å². The molecule has 0 amide bonds. The summed E-state index contributed by atoms with van der Waals surface area (Å²) >= 11 is 0. The molecule has 0 unspecified atom stereocenters. The van der Waals surface area contributed by atoms with E-state index in [1.807, 2.05) is 13.8 Å². The zero-order chi connectivity index (χ0) is 11.5. The van der Waals surface area contributed by atoms with E-state index in [1.54, 1.807) is 0 Å². The predicted molar refractivity (Wildman–Crippen MR) is 60.7 cm³/mol. The Morgan fingerprint density at radius 3 is 2.33 bits per heavy atom. The molecule has 6 heteroatoms. The Morgan fingerprint density at radius 1 is 1.33 bits per heavy atom. The molecule has 0 bridgehead atoms. The highest BCUT2D eigenvalue weighted by molar-refractivity contribution is 8.13. The van der Waals surface area contributed by atoms with E-state index >= 15 is 0 Å². The van der Waals surface area contributed by atoms with Gasteiger partial charge in [0.15, 0.2) is 0 Å². The molecule has 1 rings (SSSR count). The van der Waals surface area contributed by atoms with Gasteiger partial charge in [-0.15, -0.1) is 0 Å². The molecule has 0 saturated carbocycles. The SMILES string of the molecule is C[C@@H]1CN(CCCS(=O)(=O)Cl)C[C@H](C)O1. The molecule has 0 aliphatic carbocycles. The van der Waals surface area contributed by atoms with Gasteiger partial charge in [0.25, 0.3) is 0 Å². The molecule has 1 heterocycles. The van der Waals surface area contributed by atoms with Gasteiger partial charge in [0.2, 0.25) is 9.05 Å². The van der Waals surface area contributed by atoms with Crippen LogP contribution in [0, 0.1) is 0 Å². The average molecular weight is 256 g/mol. The van der Waals surface area contributed by atoms with Crippen molar-refractivity contribution in [2.75, 3.05) is 25.4 Å². The van der Waals surface area contributed by atoms with Gasteiger partial charge in [-0.25, -0.2) is 8.42 Å². The fourth-order valence-corrected chi connectivity index (χ4v) is 2.73. The molecule has 0 aromatic rings. The topological polar surface area (TPSA) is 46.6 Å². The molecule has 0 N–H and O–H groups in total. The fraction of sp³-hybridized carbons (Fsp3) is 1.00. The minimum atomic E-state index is -3.34. The molecule has 1 saturated heterocycles. The first-order valence-electron chi connectivity index (χ1n) is 5.17. The number of ether oxygens (including phenoxy) is 1. The van der Waals surface area contributed by atoms with Crippen LogP contribution in [0.5, 0.6) is 0 Å². The summed E-state index contributed by atoms with van der Waals surface area (Å²) in [7, 11) is 1.80. The smallest absolute Gasteiger partial charge is 0.232 e. The van der Waals surface area contributed by atoms with Crippen LogP contribution in [-0.4, -0.2) is 50.9 Å². The van der Waals surface area contributed by atoms with Gasteiger partial charge >= 0.3 is 0 Å². The number of nitrogens with zero attached hydrogens (tertiary/aromatic N) is 1. The van der Waals surface area contributed by atoms with Crippen LogP contribution in [0.25, 0.3) is 0 Å². The molecule has 1 fully saturated rings. The molecule has 15 heavy (non-hydrogen) atoms. The second kappa shape index (κ2) is 5.48. The number of hydrogen-bond donors (Lipinski definition) is 0. The Kier molecular flexibility index (Phi) is 4.83. The van der Waals surface area contributed by atoms with Crippen molar-refractivity contribution in [3.05, 3.63) is 0 Å². The Morgan fingerprint density at radius 2 is 1.87 bits per heavy atom. The summed E-state index contributed by atoms with van der Waals surface area (Å²) in [5.74, 6) is 0.0503. The molecule has 90 valence electrons. The summed E-state index contributed by atoms with van der Waals surface area (Å²) < 4.78 is 27.0. The quantitative estimate of drug-likeness (QED) is 0.705. The molecule has 1 aliphatic rings. The summed E-state index contributed by atoms with van der Waals surface area (Å²) in [5.41, 5.74) is 0. The monoisotopic (exact) mass is 255 g/mol. The Bertz CT molecular complexity index is 284. The van der Waals surface area contributed by atoms with E-state index < -0.39 is 9.05 Å². The summed E-state index contributed by atoms with van der Waals surface area (Å²) in [5, 5.41) is 0. The number of hydrogen-bond acceptors (Lipinski definition) is 4. The van der Waals surface area contributed by atoms with Gasteiger partial charge in [-0.05, 0) is 26.8 Å². The van der Waals surface area contributed by atoms with Crippen LogP contribution in [0.15, 0.2) is 0 Å². The van der Waals surface area contributed by atoms with Gasteiger partial charge < -0.3 is 4.74 Å². The van der Waals surface area contributed by atoms with Crippen LogP contribution in [-0.2, 0) is 13.8 Å². The maximum Gasteiger partial charge on any atom is 0.232 e. The van der Waals surface area contributed by atoms with Gasteiger partial charge in [0.1, 0.15) is 0 Å². The van der Waals surface area contributed by atoms with E-state index in [0.29, 0.717) is 6.42 Å². The van der Waals surface area contributed by atoms with E-state index in [2.05, 4.69) is 4.90 Å². The molecular formula is C9H18ClNO3S. The zero-order valence-corrected chi connectivity index (χ0v) is 10.7. The maximum absolute atomic E-state index is 10.7. The summed E-state index contributed by atoms with van der Waals surface area (Å²) in [6.45, 7) is 6.56. The van der Waals surface area contributed by atoms with Crippen molar-refractivity contribution in [3.8, 4) is 0 Å². The van der Waals surface area contributed by atoms with E-state index in [1.165, 1.54) is 0 Å². The summed E-state index contributed by atoms with van der Waals surface area (Å²) in [6, 6.07) is 0. The van der Waals surface area contributed by atoms with Gasteiger partial charge in [0, 0.05) is 23.8 Å². The number of rotatable bonds is 4. The lowest BCUT2D eigenvalue weighted by Crippen LogP contribution is -2.45. The highest BCUT2D eigenvalue weighted by atomic mass is 35.7. The van der Waals surface area contributed by atoms with Crippen molar-refractivity contribution in [3.63, 3.8) is 0 Å². The average Bonchev–Trinajstić information content (AvgIpc) is 1.99. The van der Waals surface area contributed by atoms with Crippen molar-refractivity contribution < 1.29 is 13.2 Å². The molecular weight excluding hydrogens is 238 g/mol. The van der Waals surface area contributed by atoms with Gasteiger partial charge in [-0.1, -0.05) is 0 Å². The van der Waals surface area contributed by atoms with E-state index in [4.69, 9.17) is 15.4 Å². The van der Waals surface area contributed by atoms with Gasteiger partial charge in [-0.2, -0.15) is 0 Å². The molecule has 0 spiro atoms. The summed E-state index contributed by atoms with van der Waals surface area (Å²) in [4.78, 5) is 2.22. The second-order valence-electron chi connectivity index (χ2n) is 4.11. The van der Waals surface area contributed by atoms with Crippen molar-refractivity contribution in [2.24, 2.45) is 0 Å². The molecule has 4 nitrogen and oxygen atoms in total. The van der Waals surface area contributed by atoms with Gasteiger partial charge in [0.05, 0.1) is 18.0 Å². The van der Waals surface area contributed by atoms with Crippen LogP contribution in [0.2, 0.25) is 0 Å². The highest BCUT2D eigenvalue weighted by Gasteiger charge is 2.21.